The molecule has 2 fully saturated rings. The van der Waals surface area contributed by atoms with Gasteiger partial charge < -0.3 is 19.5 Å². The normalized spacial score (nSPS) is 22.4. The first-order valence-corrected chi connectivity index (χ1v) is 9.44. The summed E-state index contributed by atoms with van der Waals surface area (Å²) < 4.78 is 11.5. The molecule has 134 valence electrons. The maximum absolute atomic E-state index is 10.5. The number of aliphatic hydroxyl groups is 1. The van der Waals surface area contributed by atoms with Gasteiger partial charge in [0.1, 0.15) is 5.75 Å². The summed E-state index contributed by atoms with van der Waals surface area (Å²) in [5.74, 6) is 0.797. The van der Waals surface area contributed by atoms with Crippen LogP contribution in [0.25, 0.3) is 0 Å². The number of benzene rings is 1. The zero-order chi connectivity index (χ0) is 16.8. The van der Waals surface area contributed by atoms with E-state index in [2.05, 4.69) is 4.90 Å². The summed E-state index contributed by atoms with van der Waals surface area (Å²) in [4.78, 5) is 2.35. The van der Waals surface area contributed by atoms with Gasteiger partial charge in [0, 0.05) is 19.6 Å². The third-order valence-electron chi connectivity index (χ3n) is 5.38. The van der Waals surface area contributed by atoms with Crippen LogP contribution in [0.15, 0.2) is 24.3 Å². The Kier molecular flexibility index (Phi) is 6.52. The molecule has 1 saturated carbocycles. The van der Waals surface area contributed by atoms with Crippen molar-refractivity contribution < 1.29 is 14.6 Å². The SMILES string of the molecule is COc1cccc(C(O)CN2CCC(OC3CCCCC3)CC2)c1. The number of aliphatic hydroxyl groups excluding tert-OH is 1. The van der Waals surface area contributed by atoms with Crippen LogP contribution in [0, 0.1) is 0 Å². The lowest BCUT2D eigenvalue weighted by Gasteiger charge is -2.35. The van der Waals surface area contributed by atoms with Crippen molar-refractivity contribution in [3.8, 4) is 5.75 Å². The number of methoxy groups -OCH3 is 1. The summed E-state index contributed by atoms with van der Waals surface area (Å²) in [7, 11) is 1.66. The Morgan fingerprint density at radius 1 is 1.08 bits per heavy atom. The second-order valence-electron chi connectivity index (χ2n) is 7.19. The van der Waals surface area contributed by atoms with Crippen molar-refractivity contribution in [1.29, 1.82) is 0 Å². The first-order chi connectivity index (χ1) is 11.7. The molecule has 4 heteroatoms. The molecule has 1 aliphatic heterocycles. The summed E-state index contributed by atoms with van der Waals surface area (Å²) in [6, 6.07) is 7.72. The number of ether oxygens (including phenoxy) is 2. The van der Waals surface area contributed by atoms with E-state index in [0.29, 0.717) is 18.8 Å². The molecule has 1 aromatic carbocycles. The van der Waals surface area contributed by atoms with E-state index in [-0.39, 0.29) is 0 Å². The maximum atomic E-state index is 10.5. The highest BCUT2D eigenvalue weighted by molar-refractivity contribution is 5.29. The van der Waals surface area contributed by atoms with Crippen LogP contribution < -0.4 is 4.74 Å². The van der Waals surface area contributed by atoms with Crippen molar-refractivity contribution in [2.45, 2.75) is 63.3 Å². The van der Waals surface area contributed by atoms with Crippen molar-refractivity contribution in [2.75, 3.05) is 26.7 Å². The lowest BCUT2D eigenvalue weighted by atomic mass is 9.97. The average Bonchev–Trinajstić information content (AvgIpc) is 2.64. The Morgan fingerprint density at radius 3 is 2.50 bits per heavy atom. The summed E-state index contributed by atoms with van der Waals surface area (Å²) in [6.07, 6.45) is 9.14. The predicted octanol–water partition coefficient (Wildman–Crippen LogP) is 3.54. The minimum absolute atomic E-state index is 0.415. The van der Waals surface area contributed by atoms with Crippen molar-refractivity contribution >= 4 is 0 Å². The van der Waals surface area contributed by atoms with E-state index in [1.54, 1.807) is 7.11 Å². The molecule has 0 radical (unpaired) electrons. The lowest BCUT2D eigenvalue weighted by molar-refractivity contribution is -0.0591. The molecule has 0 amide bonds. The number of nitrogens with zero attached hydrogens (tertiary/aromatic N) is 1. The van der Waals surface area contributed by atoms with E-state index in [4.69, 9.17) is 9.47 Å². The molecule has 2 aliphatic rings. The van der Waals surface area contributed by atoms with Crippen LogP contribution in [0.4, 0.5) is 0 Å². The zero-order valence-corrected chi connectivity index (χ0v) is 14.8. The molecule has 0 spiro atoms. The van der Waals surface area contributed by atoms with Crippen LogP contribution in [0.1, 0.15) is 56.6 Å². The van der Waals surface area contributed by atoms with Gasteiger partial charge in [0.2, 0.25) is 0 Å². The van der Waals surface area contributed by atoms with Gasteiger partial charge >= 0.3 is 0 Å². The first-order valence-electron chi connectivity index (χ1n) is 9.44. The number of piperidine rings is 1. The van der Waals surface area contributed by atoms with Gasteiger partial charge in [-0.3, -0.25) is 0 Å². The van der Waals surface area contributed by atoms with Gasteiger partial charge in [0.15, 0.2) is 0 Å². The molecular weight excluding hydrogens is 302 g/mol. The van der Waals surface area contributed by atoms with Crippen molar-refractivity contribution in [2.24, 2.45) is 0 Å². The molecule has 24 heavy (non-hydrogen) atoms. The highest BCUT2D eigenvalue weighted by Gasteiger charge is 2.25. The summed E-state index contributed by atoms with van der Waals surface area (Å²) in [5, 5.41) is 10.5. The molecule has 1 saturated heterocycles. The molecule has 1 aliphatic carbocycles. The minimum atomic E-state index is -0.462. The van der Waals surface area contributed by atoms with Gasteiger partial charge in [-0.1, -0.05) is 31.4 Å². The van der Waals surface area contributed by atoms with Crippen molar-refractivity contribution in [1.82, 2.24) is 4.90 Å². The van der Waals surface area contributed by atoms with E-state index >= 15 is 0 Å². The van der Waals surface area contributed by atoms with Crippen LogP contribution in [-0.2, 0) is 4.74 Å². The Labute approximate surface area is 145 Å². The minimum Gasteiger partial charge on any atom is -0.497 e. The van der Waals surface area contributed by atoms with Crippen LogP contribution in [0.2, 0.25) is 0 Å². The third-order valence-corrected chi connectivity index (χ3v) is 5.38. The smallest absolute Gasteiger partial charge is 0.119 e. The Bertz CT molecular complexity index is 493. The van der Waals surface area contributed by atoms with E-state index in [0.717, 1.165) is 37.2 Å². The van der Waals surface area contributed by atoms with Gasteiger partial charge in [0.25, 0.3) is 0 Å². The fourth-order valence-electron chi connectivity index (χ4n) is 3.90. The van der Waals surface area contributed by atoms with Crippen LogP contribution in [-0.4, -0.2) is 49.0 Å². The topological polar surface area (TPSA) is 41.9 Å². The van der Waals surface area contributed by atoms with E-state index in [9.17, 15) is 5.11 Å². The zero-order valence-electron chi connectivity index (χ0n) is 14.8. The number of β-amino-alcohol motifs (C(OH)–C–C–N with tert-alkyl or cyclic N) is 1. The Hall–Kier alpha value is -1.10. The first kappa shape index (κ1) is 17.7. The van der Waals surface area contributed by atoms with E-state index < -0.39 is 6.10 Å². The predicted molar refractivity (Wildman–Crippen MR) is 95.4 cm³/mol. The number of likely N-dealkylation sites (tertiary alicyclic amines) is 1. The molecule has 1 unspecified atom stereocenters. The van der Waals surface area contributed by atoms with Crippen LogP contribution in [0.3, 0.4) is 0 Å². The highest BCUT2D eigenvalue weighted by atomic mass is 16.5. The van der Waals surface area contributed by atoms with Crippen LogP contribution >= 0.6 is 0 Å². The third kappa shape index (κ3) is 4.95. The largest absolute Gasteiger partial charge is 0.497 e. The second-order valence-corrected chi connectivity index (χ2v) is 7.19. The second kappa shape index (κ2) is 8.84. The van der Waals surface area contributed by atoms with Crippen molar-refractivity contribution in [3.63, 3.8) is 0 Å². The molecule has 1 aromatic rings. The molecule has 3 rings (SSSR count). The quantitative estimate of drug-likeness (QED) is 0.864. The Balaban J connectivity index is 1.42. The molecule has 0 bridgehead atoms. The summed E-state index contributed by atoms with van der Waals surface area (Å²) in [6.45, 7) is 2.71. The lowest BCUT2D eigenvalue weighted by Crippen LogP contribution is -2.40. The van der Waals surface area contributed by atoms with Crippen LogP contribution in [0.5, 0.6) is 5.75 Å². The monoisotopic (exact) mass is 333 g/mol. The van der Waals surface area contributed by atoms with E-state index in [1.807, 2.05) is 24.3 Å². The number of hydrogen-bond donors (Lipinski definition) is 1. The fourth-order valence-corrected chi connectivity index (χ4v) is 3.90. The molecule has 1 heterocycles. The highest BCUT2D eigenvalue weighted by Crippen LogP contribution is 2.26. The number of hydrogen-bond acceptors (Lipinski definition) is 4. The molecule has 4 nitrogen and oxygen atoms in total. The summed E-state index contributed by atoms with van der Waals surface area (Å²) >= 11 is 0. The van der Waals surface area contributed by atoms with Gasteiger partial charge in [-0.25, -0.2) is 0 Å². The molecule has 1 N–H and O–H groups in total. The number of rotatable bonds is 6. The van der Waals surface area contributed by atoms with Gasteiger partial charge in [-0.05, 0) is 43.4 Å². The van der Waals surface area contributed by atoms with Gasteiger partial charge in [-0.15, -0.1) is 0 Å². The summed E-state index contributed by atoms with van der Waals surface area (Å²) in [5.41, 5.74) is 0.926. The molecule has 1 atom stereocenters. The fraction of sp³-hybridized carbons (Fsp3) is 0.700. The average molecular weight is 333 g/mol. The molecular formula is C20H31NO3. The standard InChI is InChI=1S/C20H31NO3/c1-23-19-9-5-6-16(14-19)20(22)15-21-12-10-18(11-13-21)24-17-7-3-2-4-8-17/h5-6,9,14,17-18,20,22H,2-4,7-8,10-13,15H2,1H3. The maximum Gasteiger partial charge on any atom is 0.119 e. The molecule has 0 aromatic heterocycles. The Morgan fingerprint density at radius 2 is 1.79 bits per heavy atom. The van der Waals surface area contributed by atoms with Gasteiger partial charge in [0.05, 0.1) is 25.4 Å². The van der Waals surface area contributed by atoms with E-state index in [1.165, 1.54) is 32.1 Å². The van der Waals surface area contributed by atoms with Crippen molar-refractivity contribution in [3.05, 3.63) is 29.8 Å². The van der Waals surface area contributed by atoms with Gasteiger partial charge in [-0.2, -0.15) is 0 Å².